The summed E-state index contributed by atoms with van der Waals surface area (Å²) < 4.78 is 44.0. The number of hydrogen-bond acceptors (Lipinski definition) is 2. The van der Waals surface area contributed by atoms with Crippen LogP contribution in [0.4, 0.5) is 13.2 Å². The minimum atomic E-state index is -4.38. The first-order valence-corrected chi connectivity index (χ1v) is 6.65. The van der Waals surface area contributed by atoms with Gasteiger partial charge in [-0.2, -0.15) is 13.2 Å². The molecule has 0 aromatic heterocycles. The molecule has 1 aromatic carbocycles. The molecule has 1 aliphatic heterocycles. The molecule has 1 atom stereocenters. The molecule has 104 valence electrons. The summed E-state index contributed by atoms with van der Waals surface area (Å²) in [5.41, 5.74) is -0.360. The van der Waals surface area contributed by atoms with E-state index < -0.39 is 11.7 Å². The molecule has 2 nitrogen and oxygen atoms in total. The minimum Gasteiger partial charge on any atom is -0.475 e. The lowest BCUT2D eigenvalue weighted by Crippen LogP contribution is -2.13. The maximum atomic E-state index is 12.7. The normalized spacial score (nSPS) is 19.5. The van der Waals surface area contributed by atoms with Crippen molar-refractivity contribution in [1.82, 2.24) is 0 Å². The molecule has 1 aliphatic rings. The van der Waals surface area contributed by atoms with Crippen LogP contribution in [-0.4, -0.2) is 18.5 Å². The Kier molecular flexibility index (Phi) is 3.90. The summed E-state index contributed by atoms with van der Waals surface area (Å²) in [5, 5.41) is 0. The van der Waals surface area contributed by atoms with Crippen LogP contribution in [0.1, 0.15) is 25.0 Å². The van der Waals surface area contributed by atoms with E-state index in [2.05, 4.69) is 20.9 Å². The third kappa shape index (κ3) is 3.29. The van der Waals surface area contributed by atoms with Crippen molar-refractivity contribution in [3.05, 3.63) is 33.8 Å². The van der Waals surface area contributed by atoms with Crippen LogP contribution in [-0.2, 0) is 10.9 Å². The van der Waals surface area contributed by atoms with E-state index in [9.17, 15) is 13.2 Å². The Labute approximate surface area is 117 Å². The lowest BCUT2D eigenvalue weighted by atomic mass is 10.1. The Bertz CT molecular complexity index is 511. The first-order valence-electron chi connectivity index (χ1n) is 5.86. The topological polar surface area (TPSA) is 21.6 Å². The maximum absolute atomic E-state index is 12.7. The van der Waals surface area contributed by atoms with Crippen molar-refractivity contribution in [2.24, 2.45) is 10.9 Å². The summed E-state index contributed by atoms with van der Waals surface area (Å²) >= 11 is 3.09. The van der Waals surface area contributed by atoms with Gasteiger partial charge in [0.1, 0.15) is 6.61 Å². The summed E-state index contributed by atoms with van der Waals surface area (Å²) in [5.74, 6) is 0.581. The van der Waals surface area contributed by atoms with Gasteiger partial charge in [-0.3, -0.25) is 0 Å². The highest BCUT2D eigenvalue weighted by Crippen LogP contribution is 2.32. The molecule has 0 unspecified atom stereocenters. The van der Waals surface area contributed by atoms with Crippen LogP contribution in [0.15, 0.2) is 27.7 Å². The van der Waals surface area contributed by atoms with Crippen LogP contribution >= 0.6 is 15.9 Å². The van der Waals surface area contributed by atoms with Gasteiger partial charge >= 0.3 is 6.18 Å². The van der Waals surface area contributed by atoms with Gasteiger partial charge in [0.05, 0.1) is 11.6 Å². The second kappa shape index (κ2) is 5.15. The van der Waals surface area contributed by atoms with Gasteiger partial charge < -0.3 is 4.74 Å². The zero-order valence-corrected chi connectivity index (χ0v) is 12.0. The first kappa shape index (κ1) is 14.4. The lowest BCUT2D eigenvalue weighted by molar-refractivity contribution is -0.137. The monoisotopic (exact) mass is 335 g/mol. The van der Waals surface area contributed by atoms with Crippen LogP contribution < -0.4 is 0 Å². The van der Waals surface area contributed by atoms with Gasteiger partial charge in [0.15, 0.2) is 0 Å². The molecule has 0 aliphatic carbocycles. The molecule has 0 bridgehead atoms. The molecule has 0 amide bonds. The van der Waals surface area contributed by atoms with Crippen molar-refractivity contribution < 1.29 is 17.9 Å². The molecular formula is C13H13BrF3NO. The third-order valence-electron chi connectivity index (χ3n) is 2.92. The highest BCUT2D eigenvalue weighted by atomic mass is 79.9. The number of aliphatic imine (C=N–C) groups is 1. The van der Waals surface area contributed by atoms with Gasteiger partial charge in [-0.1, -0.05) is 29.8 Å². The van der Waals surface area contributed by atoms with Crippen molar-refractivity contribution in [3.8, 4) is 0 Å². The van der Waals surface area contributed by atoms with E-state index in [4.69, 9.17) is 4.74 Å². The summed E-state index contributed by atoms with van der Waals surface area (Å²) in [4.78, 5) is 4.33. The predicted molar refractivity (Wildman–Crippen MR) is 70.3 cm³/mol. The number of alkyl halides is 3. The van der Waals surface area contributed by atoms with E-state index in [1.807, 2.05) is 13.8 Å². The van der Waals surface area contributed by atoms with Crippen LogP contribution in [0.2, 0.25) is 0 Å². The van der Waals surface area contributed by atoms with Gasteiger partial charge in [-0.15, -0.1) is 0 Å². The largest absolute Gasteiger partial charge is 0.475 e. The molecule has 0 saturated carbocycles. The van der Waals surface area contributed by atoms with Crippen LogP contribution in [0.5, 0.6) is 0 Å². The molecule has 1 aromatic rings. The van der Waals surface area contributed by atoms with E-state index in [1.165, 1.54) is 0 Å². The highest BCUT2D eigenvalue weighted by Gasteiger charge is 2.32. The summed E-state index contributed by atoms with van der Waals surface area (Å²) in [6.45, 7) is 4.42. The summed E-state index contributed by atoms with van der Waals surface area (Å²) in [6.07, 6.45) is -4.38. The standard InChI is InChI=1S/C13H13BrF3NO/c1-7(2)11-6-19-12(18-11)8-3-9(13(15,16)17)5-10(14)4-8/h3-5,7,11H,6H2,1-2H3/t11-/m1/s1. The highest BCUT2D eigenvalue weighted by molar-refractivity contribution is 9.10. The number of hydrogen-bond donors (Lipinski definition) is 0. The van der Waals surface area contributed by atoms with Gasteiger partial charge in [0.25, 0.3) is 0 Å². The number of nitrogens with zero attached hydrogens (tertiary/aromatic N) is 1. The predicted octanol–water partition coefficient (Wildman–Crippen LogP) is 4.27. The SMILES string of the molecule is CC(C)[C@H]1COC(c2cc(Br)cc(C(F)(F)F)c2)=N1. The average Bonchev–Trinajstić information content (AvgIpc) is 2.76. The first-order chi connectivity index (χ1) is 8.77. The number of ether oxygens (including phenoxy) is 1. The smallest absolute Gasteiger partial charge is 0.416 e. The molecule has 2 rings (SSSR count). The Morgan fingerprint density at radius 1 is 1.32 bits per heavy atom. The quantitative estimate of drug-likeness (QED) is 0.790. The Morgan fingerprint density at radius 3 is 2.53 bits per heavy atom. The molecule has 19 heavy (non-hydrogen) atoms. The zero-order chi connectivity index (χ0) is 14.2. The van der Waals surface area contributed by atoms with E-state index in [0.717, 1.165) is 12.1 Å². The van der Waals surface area contributed by atoms with Gasteiger partial charge in [-0.05, 0) is 24.1 Å². The van der Waals surface area contributed by atoms with Crippen LogP contribution in [0.25, 0.3) is 0 Å². The molecule has 0 saturated heterocycles. The fraction of sp³-hybridized carbons (Fsp3) is 0.462. The fourth-order valence-corrected chi connectivity index (χ4v) is 2.26. The Hall–Kier alpha value is -1.04. The molecule has 0 spiro atoms. The third-order valence-corrected chi connectivity index (χ3v) is 3.37. The molecule has 0 N–H and O–H groups in total. The van der Waals surface area contributed by atoms with Crippen LogP contribution in [0.3, 0.4) is 0 Å². The molecule has 1 heterocycles. The van der Waals surface area contributed by atoms with Crippen molar-refractivity contribution in [3.63, 3.8) is 0 Å². The number of benzene rings is 1. The fourth-order valence-electron chi connectivity index (χ4n) is 1.77. The van der Waals surface area contributed by atoms with E-state index in [0.29, 0.717) is 22.6 Å². The van der Waals surface area contributed by atoms with Crippen molar-refractivity contribution in [2.45, 2.75) is 26.1 Å². The molecule has 6 heteroatoms. The zero-order valence-electron chi connectivity index (χ0n) is 10.5. The van der Waals surface area contributed by atoms with Crippen molar-refractivity contribution >= 4 is 21.8 Å². The number of rotatable bonds is 2. The second-order valence-electron chi connectivity index (χ2n) is 4.78. The van der Waals surface area contributed by atoms with Gasteiger partial charge in [-0.25, -0.2) is 4.99 Å². The summed E-state index contributed by atoms with van der Waals surface area (Å²) in [6, 6.07) is 3.69. The molecular weight excluding hydrogens is 323 g/mol. The van der Waals surface area contributed by atoms with Crippen molar-refractivity contribution in [2.75, 3.05) is 6.61 Å². The lowest BCUT2D eigenvalue weighted by Gasteiger charge is -2.09. The molecule has 0 fully saturated rings. The van der Waals surface area contributed by atoms with E-state index in [1.54, 1.807) is 6.07 Å². The number of halogens is 4. The second-order valence-corrected chi connectivity index (χ2v) is 5.70. The maximum Gasteiger partial charge on any atom is 0.416 e. The molecule has 0 radical (unpaired) electrons. The van der Waals surface area contributed by atoms with E-state index in [-0.39, 0.29) is 11.9 Å². The van der Waals surface area contributed by atoms with Gasteiger partial charge in [0.2, 0.25) is 5.90 Å². The summed E-state index contributed by atoms with van der Waals surface area (Å²) in [7, 11) is 0. The Morgan fingerprint density at radius 2 is 2.00 bits per heavy atom. The van der Waals surface area contributed by atoms with Crippen molar-refractivity contribution in [1.29, 1.82) is 0 Å². The minimum absolute atomic E-state index is 0.00307. The van der Waals surface area contributed by atoms with E-state index >= 15 is 0 Å². The Balaban J connectivity index is 2.36. The van der Waals surface area contributed by atoms with Gasteiger partial charge in [0, 0.05) is 10.0 Å². The van der Waals surface area contributed by atoms with Crippen LogP contribution in [0, 0.1) is 5.92 Å². The average molecular weight is 336 g/mol.